The summed E-state index contributed by atoms with van der Waals surface area (Å²) >= 11 is 0. The van der Waals surface area contributed by atoms with Crippen molar-refractivity contribution in [3.63, 3.8) is 0 Å². The first kappa shape index (κ1) is 22.7. The van der Waals surface area contributed by atoms with Crippen LogP contribution in [0.5, 0.6) is 0 Å². The molecule has 1 aromatic heterocycles. The second-order valence-corrected chi connectivity index (χ2v) is 7.70. The van der Waals surface area contributed by atoms with E-state index in [9.17, 15) is 4.79 Å². The summed E-state index contributed by atoms with van der Waals surface area (Å²) in [4.78, 5) is 25.5. The van der Waals surface area contributed by atoms with Crippen LogP contribution in [0, 0.1) is 11.3 Å². The zero-order valence-electron chi connectivity index (χ0n) is 18.3. The van der Waals surface area contributed by atoms with Gasteiger partial charge in [0.25, 0.3) is 0 Å². The molecular formula is C23H30N6O2. The first-order chi connectivity index (χ1) is 15.1. The summed E-state index contributed by atoms with van der Waals surface area (Å²) in [5.74, 6) is 0.331. The minimum atomic E-state index is -0.220. The van der Waals surface area contributed by atoms with Crippen LogP contribution in [0.3, 0.4) is 0 Å². The highest BCUT2D eigenvalue weighted by molar-refractivity contribution is 5.90. The molecule has 2 aromatic rings. The van der Waals surface area contributed by atoms with Crippen LogP contribution >= 0.6 is 0 Å². The van der Waals surface area contributed by atoms with Gasteiger partial charge in [-0.3, -0.25) is 4.90 Å². The minimum Gasteiger partial charge on any atom is -0.385 e. The van der Waals surface area contributed by atoms with Gasteiger partial charge in [-0.2, -0.15) is 5.26 Å². The molecule has 0 radical (unpaired) electrons. The van der Waals surface area contributed by atoms with Gasteiger partial charge in [0.2, 0.25) is 5.95 Å². The Morgan fingerprint density at radius 2 is 1.94 bits per heavy atom. The number of nitriles is 1. The molecule has 1 aromatic carbocycles. The van der Waals surface area contributed by atoms with Crippen molar-refractivity contribution in [2.75, 3.05) is 45.3 Å². The number of ether oxygens (including phenoxy) is 1. The third-order valence-electron chi connectivity index (χ3n) is 5.89. The maximum Gasteiger partial charge on any atom is 0.326 e. The molecule has 0 spiro atoms. The third-order valence-corrected chi connectivity index (χ3v) is 5.89. The van der Waals surface area contributed by atoms with Gasteiger partial charge in [-0.15, -0.1) is 0 Å². The molecule has 8 heteroatoms. The van der Waals surface area contributed by atoms with E-state index in [4.69, 9.17) is 10.00 Å². The molecular weight excluding hydrogens is 392 g/mol. The highest BCUT2D eigenvalue weighted by atomic mass is 16.5. The van der Waals surface area contributed by atoms with Crippen LogP contribution in [0.15, 0.2) is 42.7 Å². The first-order valence-corrected chi connectivity index (χ1v) is 10.7. The smallest absolute Gasteiger partial charge is 0.326 e. The number of aromatic nitrogens is 2. The molecule has 0 unspecified atom stereocenters. The summed E-state index contributed by atoms with van der Waals surface area (Å²) in [6.45, 7) is 2.29. The van der Waals surface area contributed by atoms with Crippen LogP contribution in [-0.4, -0.2) is 61.3 Å². The number of amides is 2. The van der Waals surface area contributed by atoms with E-state index < -0.39 is 0 Å². The van der Waals surface area contributed by atoms with Crippen molar-refractivity contribution in [1.29, 1.82) is 5.26 Å². The molecule has 0 aliphatic carbocycles. The van der Waals surface area contributed by atoms with E-state index in [-0.39, 0.29) is 11.6 Å². The van der Waals surface area contributed by atoms with E-state index >= 15 is 0 Å². The first-order valence-electron chi connectivity index (χ1n) is 10.7. The Labute approximate surface area is 183 Å². The van der Waals surface area contributed by atoms with Gasteiger partial charge < -0.3 is 15.0 Å². The zero-order valence-corrected chi connectivity index (χ0v) is 18.3. The SMILES string of the molecule is CN[C@@]1(c2ccccc2)CCCN(c2ncc(C#N)cn2)C(=O)N(CCCOC)CC1. The highest BCUT2D eigenvalue weighted by Gasteiger charge is 2.34. The van der Waals surface area contributed by atoms with Crippen molar-refractivity contribution < 1.29 is 9.53 Å². The zero-order chi connectivity index (χ0) is 22.1. The molecule has 31 heavy (non-hydrogen) atoms. The predicted molar refractivity (Wildman–Crippen MR) is 119 cm³/mol. The molecule has 2 heterocycles. The predicted octanol–water partition coefficient (Wildman–Crippen LogP) is 2.91. The molecule has 3 rings (SSSR count). The van der Waals surface area contributed by atoms with Crippen molar-refractivity contribution in [3.8, 4) is 6.07 Å². The van der Waals surface area contributed by atoms with Gasteiger partial charge in [-0.1, -0.05) is 30.3 Å². The number of carbonyl (C=O) groups is 1. The second kappa shape index (κ2) is 10.8. The number of benzene rings is 1. The normalized spacial score (nSPS) is 20.0. The van der Waals surface area contributed by atoms with Gasteiger partial charge in [-0.05, 0) is 38.3 Å². The number of nitrogens with zero attached hydrogens (tertiary/aromatic N) is 5. The van der Waals surface area contributed by atoms with Crippen LogP contribution < -0.4 is 10.2 Å². The van der Waals surface area contributed by atoms with Crippen molar-refractivity contribution >= 4 is 12.0 Å². The lowest BCUT2D eigenvalue weighted by molar-refractivity contribution is 0.165. The molecule has 0 saturated carbocycles. The van der Waals surface area contributed by atoms with Crippen molar-refractivity contribution in [2.45, 2.75) is 31.2 Å². The molecule has 1 N–H and O–H groups in total. The second-order valence-electron chi connectivity index (χ2n) is 7.70. The average molecular weight is 423 g/mol. The fourth-order valence-corrected chi connectivity index (χ4v) is 4.10. The van der Waals surface area contributed by atoms with Crippen LogP contribution in [0.1, 0.15) is 36.8 Å². The molecule has 2 amide bonds. The lowest BCUT2D eigenvalue weighted by Gasteiger charge is -2.35. The average Bonchev–Trinajstić information content (AvgIpc) is 2.89. The number of anilines is 1. The Bertz CT molecular complexity index is 883. The molecule has 1 saturated heterocycles. The van der Waals surface area contributed by atoms with Gasteiger partial charge >= 0.3 is 6.03 Å². The quantitative estimate of drug-likeness (QED) is 0.690. The van der Waals surface area contributed by atoms with Gasteiger partial charge in [0, 0.05) is 38.9 Å². The van der Waals surface area contributed by atoms with E-state index in [2.05, 4.69) is 39.6 Å². The maximum absolute atomic E-state index is 13.5. The van der Waals surface area contributed by atoms with Crippen LogP contribution in [0.4, 0.5) is 10.7 Å². The van der Waals surface area contributed by atoms with Crippen LogP contribution in [0.2, 0.25) is 0 Å². The Balaban J connectivity index is 1.90. The summed E-state index contributed by atoms with van der Waals surface area (Å²) in [7, 11) is 3.65. The lowest BCUT2D eigenvalue weighted by atomic mass is 9.82. The van der Waals surface area contributed by atoms with Gasteiger partial charge in [0.15, 0.2) is 0 Å². The Morgan fingerprint density at radius 3 is 2.58 bits per heavy atom. The van der Waals surface area contributed by atoms with Gasteiger partial charge in [0.05, 0.1) is 18.0 Å². The number of hydrogen-bond acceptors (Lipinski definition) is 6. The van der Waals surface area contributed by atoms with E-state index in [0.29, 0.717) is 37.8 Å². The fraction of sp³-hybridized carbons (Fsp3) is 0.478. The molecule has 1 aliphatic rings. The monoisotopic (exact) mass is 422 g/mol. The number of hydrogen-bond donors (Lipinski definition) is 1. The fourth-order valence-electron chi connectivity index (χ4n) is 4.10. The molecule has 1 atom stereocenters. The topological polar surface area (TPSA) is 94.4 Å². The van der Waals surface area contributed by atoms with Crippen LogP contribution in [0.25, 0.3) is 0 Å². The van der Waals surface area contributed by atoms with Crippen molar-refractivity contribution in [1.82, 2.24) is 20.2 Å². The Hall–Kier alpha value is -3.02. The molecule has 164 valence electrons. The lowest BCUT2D eigenvalue weighted by Crippen LogP contribution is -2.46. The minimum absolute atomic E-state index is 0.110. The number of nitrogens with one attached hydrogen (secondary N) is 1. The largest absolute Gasteiger partial charge is 0.385 e. The van der Waals surface area contributed by atoms with E-state index in [0.717, 1.165) is 25.7 Å². The number of methoxy groups -OCH3 is 1. The van der Waals surface area contributed by atoms with E-state index in [1.165, 1.54) is 18.0 Å². The van der Waals surface area contributed by atoms with Gasteiger partial charge in [0.1, 0.15) is 6.07 Å². The summed E-state index contributed by atoms with van der Waals surface area (Å²) in [5, 5.41) is 12.6. The summed E-state index contributed by atoms with van der Waals surface area (Å²) in [6.07, 6.45) is 6.13. The standard InChI is InChI=1S/C23H30N6O2/c1-25-23(20-8-4-3-5-9-20)10-6-13-29(21-26-17-19(16-24)18-27-21)22(30)28(14-11-23)12-7-15-31-2/h3-5,8-9,17-18,25H,6-7,10-15H2,1-2H3/t23-/m0/s1. The number of rotatable bonds is 7. The van der Waals surface area contributed by atoms with Crippen molar-refractivity contribution in [3.05, 3.63) is 53.9 Å². The Kier molecular flexibility index (Phi) is 7.93. The van der Waals surface area contributed by atoms with E-state index in [1.807, 2.05) is 24.1 Å². The van der Waals surface area contributed by atoms with E-state index in [1.54, 1.807) is 12.0 Å². The summed E-state index contributed by atoms with van der Waals surface area (Å²) in [5.41, 5.74) is 1.38. The summed E-state index contributed by atoms with van der Waals surface area (Å²) in [6, 6.07) is 12.3. The summed E-state index contributed by atoms with van der Waals surface area (Å²) < 4.78 is 5.20. The third kappa shape index (κ3) is 5.37. The molecule has 0 bridgehead atoms. The molecule has 1 fully saturated rings. The maximum atomic E-state index is 13.5. The van der Waals surface area contributed by atoms with Crippen LogP contribution in [-0.2, 0) is 10.3 Å². The highest BCUT2D eigenvalue weighted by Crippen LogP contribution is 2.32. The number of carbonyl (C=O) groups excluding carboxylic acids is 1. The molecule has 1 aliphatic heterocycles. The van der Waals surface area contributed by atoms with Gasteiger partial charge in [-0.25, -0.2) is 14.8 Å². The molecule has 8 nitrogen and oxygen atoms in total. The number of urea groups is 1. The Morgan fingerprint density at radius 1 is 1.19 bits per heavy atom. The van der Waals surface area contributed by atoms with Crippen molar-refractivity contribution in [2.24, 2.45) is 0 Å².